The normalized spacial score (nSPS) is 10.2. The van der Waals surface area contributed by atoms with Crippen molar-refractivity contribution >= 4 is 40.4 Å². The number of carbonyl (C=O) groups is 2. The molecule has 0 spiro atoms. The average molecular weight is 389 g/mol. The molecule has 0 fully saturated rings. The highest BCUT2D eigenvalue weighted by Crippen LogP contribution is 2.20. The monoisotopic (exact) mass is 389 g/mol. The van der Waals surface area contributed by atoms with Crippen molar-refractivity contribution < 1.29 is 9.59 Å². The molecule has 3 aromatic rings. The zero-order valence-corrected chi connectivity index (χ0v) is 16.6. The van der Waals surface area contributed by atoms with Gasteiger partial charge in [-0.2, -0.15) is 0 Å². The van der Waals surface area contributed by atoms with Crippen LogP contribution >= 0.6 is 0 Å². The first-order valence-electron chi connectivity index (χ1n) is 9.10. The number of aromatic nitrogens is 1. The molecule has 0 bridgehead atoms. The lowest BCUT2D eigenvalue weighted by Crippen LogP contribution is -2.13. The van der Waals surface area contributed by atoms with Crippen LogP contribution in [0.25, 0.3) is 0 Å². The Morgan fingerprint density at radius 3 is 2.21 bits per heavy atom. The molecule has 2 amide bonds. The van der Waals surface area contributed by atoms with Gasteiger partial charge in [0.1, 0.15) is 5.82 Å². The lowest BCUT2D eigenvalue weighted by molar-refractivity contribution is -0.114. The molecule has 0 radical (unpaired) electrons. The van der Waals surface area contributed by atoms with E-state index in [2.05, 4.69) is 20.9 Å². The van der Waals surface area contributed by atoms with Crippen LogP contribution in [0.15, 0.2) is 66.9 Å². The van der Waals surface area contributed by atoms with Crippen LogP contribution in [0.5, 0.6) is 0 Å². The highest BCUT2D eigenvalue weighted by Gasteiger charge is 2.08. The van der Waals surface area contributed by atoms with E-state index in [0.717, 1.165) is 17.1 Å². The summed E-state index contributed by atoms with van der Waals surface area (Å²) in [5.74, 6) is 0.234. The van der Waals surface area contributed by atoms with Gasteiger partial charge in [-0.1, -0.05) is 6.07 Å². The van der Waals surface area contributed by atoms with Crippen LogP contribution in [0.3, 0.4) is 0 Å². The summed E-state index contributed by atoms with van der Waals surface area (Å²) in [5, 5.41) is 8.75. The van der Waals surface area contributed by atoms with Gasteiger partial charge in [0, 0.05) is 50.0 Å². The van der Waals surface area contributed by atoms with E-state index in [9.17, 15) is 9.59 Å². The van der Waals surface area contributed by atoms with Crippen molar-refractivity contribution in [2.75, 3.05) is 34.9 Å². The first-order chi connectivity index (χ1) is 13.9. The zero-order valence-electron chi connectivity index (χ0n) is 16.6. The maximum absolute atomic E-state index is 12.4. The minimum atomic E-state index is -0.227. The first kappa shape index (κ1) is 19.9. The quantitative estimate of drug-likeness (QED) is 0.591. The number of anilines is 5. The predicted octanol–water partition coefficient (Wildman–Crippen LogP) is 4.10. The molecule has 0 saturated heterocycles. The van der Waals surface area contributed by atoms with E-state index >= 15 is 0 Å². The van der Waals surface area contributed by atoms with Gasteiger partial charge in [-0.05, 0) is 54.6 Å². The number of nitrogens with zero attached hydrogens (tertiary/aromatic N) is 2. The lowest BCUT2D eigenvalue weighted by Gasteiger charge is -2.13. The number of pyridine rings is 1. The van der Waals surface area contributed by atoms with E-state index in [1.807, 2.05) is 55.4 Å². The lowest BCUT2D eigenvalue weighted by atomic mass is 10.2. The molecule has 1 aromatic heterocycles. The summed E-state index contributed by atoms with van der Waals surface area (Å²) in [5.41, 5.74) is 3.71. The number of rotatable bonds is 6. The Bertz CT molecular complexity index is 998. The van der Waals surface area contributed by atoms with Gasteiger partial charge in [-0.15, -0.1) is 0 Å². The van der Waals surface area contributed by atoms with Crippen molar-refractivity contribution in [3.05, 3.63) is 72.4 Å². The standard InChI is InChI=1S/C22H23N5O2/c1-15(28)24-18-5-4-6-19(13-18)25-21-12-7-16(14-23-21)22(29)26-17-8-10-20(11-9-17)27(2)3/h4-14H,1-3H3,(H,23,25)(H,24,28)(H,26,29). The number of hydrogen-bond donors (Lipinski definition) is 3. The van der Waals surface area contributed by atoms with Gasteiger partial charge in [-0.3, -0.25) is 9.59 Å². The fourth-order valence-corrected chi connectivity index (χ4v) is 2.67. The molecule has 3 N–H and O–H groups in total. The molecule has 0 aliphatic heterocycles. The maximum Gasteiger partial charge on any atom is 0.257 e. The molecule has 0 unspecified atom stereocenters. The van der Waals surface area contributed by atoms with Gasteiger partial charge >= 0.3 is 0 Å². The molecule has 3 rings (SSSR count). The molecule has 2 aromatic carbocycles. The average Bonchev–Trinajstić information content (AvgIpc) is 2.68. The molecule has 0 aliphatic carbocycles. The van der Waals surface area contributed by atoms with Crippen LogP contribution in [0, 0.1) is 0 Å². The van der Waals surface area contributed by atoms with Crippen LogP contribution in [-0.4, -0.2) is 30.9 Å². The van der Waals surface area contributed by atoms with Crippen molar-refractivity contribution in [2.45, 2.75) is 6.92 Å². The Morgan fingerprint density at radius 2 is 1.59 bits per heavy atom. The molecular weight excluding hydrogens is 366 g/mol. The van der Waals surface area contributed by atoms with E-state index in [4.69, 9.17) is 0 Å². The van der Waals surface area contributed by atoms with Crippen LogP contribution in [0.4, 0.5) is 28.6 Å². The van der Waals surface area contributed by atoms with Gasteiger partial charge in [-0.25, -0.2) is 4.98 Å². The van der Waals surface area contributed by atoms with E-state index in [-0.39, 0.29) is 11.8 Å². The molecule has 0 saturated carbocycles. The number of carbonyl (C=O) groups excluding carboxylic acids is 2. The molecule has 7 nitrogen and oxygen atoms in total. The third-order valence-corrected chi connectivity index (χ3v) is 4.12. The van der Waals surface area contributed by atoms with Crippen LogP contribution in [0.1, 0.15) is 17.3 Å². The summed E-state index contributed by atoms with van der Waals surface area (Å²) in [6, 6.07) is 18.3. The minimum absolute atomic E-state index is 0.132. The Morgan fingerprint density at radius 1 is 0.862 bits per heavy atom. The Kier molecular flexibility index (Phi) is 6.09. The van der Waals surface area contributed by atoms with Crippen LogP contribution in [-0.2, 0) is 4.79 Å². The second kappa shape index (κ2) is 8.88. The second-order valence-electron chi connectivity index (χ2n) is 6.71. The largest absolute Gasteiger partial charge is 0.378 e. The van der Waals surface area contributed by atoms with Gasteiger partial charge in [0.2, 0.25) is 5.91 Å². The van der Waals surface area contributed by atoms with E-state index in [0.29, 0.717) is 17.1 Å². The summed E-state index contributed by atoms with van der Waals surface area (Å²) < 4.78 is 0. The molecule has 0 aliphatic rings. The van der Waals surface area contributed by atoms with Crippen molar-refractivity contribution in [3.8, 4) is 0 Å². The summed E-state index contributed by atoms with van der Waals surface area (Å²) >= 11 is 0. The molecule has 7 heteroatoms. The Balaban J connectivity index is 1.63. The van der Waals surface area contributed by atoms with Crippen LogP contribution in [0.2, 0.25) is 0 Å². The first-order valence-corrected chi connectivity index (χ1v) is 9.10. The molecule has 1 heterocycles. The van der Waals surface area contributed by atoms with E-state index < -0.39 is 0 Å². The number of nitrogens with one attached hydrogen (secondary N) is 3. The fraction of sp³-hybridized carbons (Fsp3) is 0.136. The number of benzene rings is 2. The predicted molar refractivity (Wildman–Crippen MR) is 117 cm³/mol. The molecule has 29 heavy (non-hydrogen) atoms. The van der Waals surface area contributed by atoms with Gasteiger partial charge in [0.15, 0.2) is 0 Å². The highest BCUT2D eigenvalue weighted by molar-refractivity contribution is 6.04. The third-order valence-electron chi connectivity index (χ3n) is 4.12. The summed E-state index contributed by atoms with van der Waals surface area (Å²) in [6.07, 6.45) is 1.52. The van der Waals surface area contributed by atoms with E-state index in [1.165, 1.54) is 13.1 Å². The molecule has 148 valence electrons. The SMILES string of the molecule is CC(=O)Nc1cccc(Nc2ccc(C(=O)Nc3ccc(N(C)C)cc3)cn2)c1. The summed E-state index contributed by atoms with van der Waals surface area (Å²) in [7, 11) is 3.93. The fourth-order valence-electron chi connectivity index (χ4n) is 2.67. The number of hydrogen-bond acceptors (Lipinski definition) is 5. The summed E-state index contributed by atoms with van der Waals surface area (Å²) in [4.78, 5) is 29.9. The van der Waals surface area contributed by atoms with Gasteiger partial charge in [0.25, 0.3) is 5.91 Å². The van der Waals surface area contributed by atoms with Crippen molar-refractivity contribution in [1.29, 1.82) is 0 Å². The smallest absolute Gasteiger partial charge is 0.257 e. The second-order valence-corrected chi connectivity index (χ2v) is 6.71. The summed E-state index contributed by atoms with van der Waals surface area (Å²) in [6.45, 7) is 1.46. The van der Waals surface area contributed by atoms with Gasteiger partial charge in [0.05, 0.1) is 5.56 Å². The van der Waals surface area contributed by atoms with Crippen molar-refractivity contribution in [1.82, 2.24) is 4.98 Å². The Hall–Kier alpha value is -3.87. The van der Waals surface area contributed by atoms with Crippen molar-refractivity contribution in [2.24, 2.45) is 0 Å². The Labute approximate surface area is 169 Å². The minimum Gasteiger partial charge on any atom is -0.378 e. The number of amides is 2. The van der Waals surface area contributed by atoms with E-state index in [1.54, 1.807) is 24.3 Å². The molecular formula is C22H23N5O2. The van der Waals surface area contributed by atoms with Gasteiger partial charge < -0.3 is 20.9 Å². The molecule has 0 atom stereocenters. The zero-order chi connectivity index (χ0) is 20.8. The third kappa shape index (κ3) is 5.55. The van der Waals surface area contributed by atoms with Crippen molar-refractivity contribution in [3.63, 3.8) is 0 Å². The highest BCUT2D eigenvalue weighted by atomic mass is 16.2. The maximum atomic E-state index is 12.4. The topological polar surface area (TPSA) is 86.4 Å². The van der Waals surface area contributed by atoms with Crippen LogP contribution < -0.4 is 20.9 Å².